The lowest BCUT2D eigenvalue weighted by molar-refractivity contribution is -0.131. The van der Waals surface area contributed by atoms with E-state index in [-0.39, 0.29) is 31.0 Å². The van der Waals surface area contributed by atoms with Crippen molar-refractivity contribution in [3.05, 3.63) is 71.3 Å². The van der Waals surface area contributed by atoms with Crippen LogP contribution in [0.1, 0.15) is 21.5 Å². The second-order valence-electron chi connectivity index (χ2n) is 6.07. The average Bonchev–Trinajstić information content (AvgIpc) is 2.62. The van der Waals surface area contributed by atoms with Gasteiger partial charge in [-0.05, 0) is 17.2 Å². The highest BCUT2D eigenvalue weighted by Crippen LogP contribution is 2.11. The molecular formula is C20H23NO5. The molecule has 0 fully saturated rings. The van der Waals surface area contributed by atoms with Gasteiger partial charge in [0.15, 0.2) is 0 Å². The Hall–Kier alpha value is -2.70. The molecule has 2 aromatic carbocycles. The fourth-order valence-corrected chi connectivity index (χ4v) is 2.54. The Morgan fingerprint density at radius 3 is 2.42 bits per heavy atom. The van der Waals surface area contributed by atoms with Gasteiger partial charge in [0.05, 0.1) is 31.3 Å². The summed E-state index contributed by atoms with van der Waals surface area (Å²) in [6, 6.07) is 16.0. The number of aliphatic hydroxyl groups excluding tert-OH is 1. The van der Waals surface area contributed by atoms with E-state index >= 15 is 0 Å². The lowest BCUT2D eigenvalue weighted by Crippen LogP contribution is -2.37. The van der Waals surface area contributed by atoms with E-state index in [1.807, 2.05) is 30.3 Å². The molecule has 0 saturated heterocycles. The zero-order chi connectivity index (χ0) is 18.9. The molecule has 1 atom stereocenters. The molecule has 6 nitrogen and oxygen atoms in total. The number of amides is 1. The molecule has 0 aliphatic heterocycles. The van der Waals surface area contributed by atoms with E-state index in [1.54, 1.807) is 25.2 Å². The van der Waals surface area contributed by atoms with E-state index in [9.17, 15) is 19.8 Å². The van der Waals surface area contributed by atoms with Gasteiger partial charge in [-0.25, -0.2) is 4.79 Å². The van der Waals surface area contributed by atoms with Crippen LogP contribution in [0.4, 0.5) is 0 Å². The van der Waals surface area contributed by atoms with Crippen molar-refractivity contribution in [2.24, 2.45) is 0 Å². The van der Waals surface area contributed by atoms with Crippen LogP contribution in [0.15, 0.2) is 54.6 Å². The number of aliphatic hydroxyl groups is 1. The Bertz CT molecular complexity index is 732. The zero-order valence-electron chi connectivity index (χ0n) is 14.7. The minimum Gasteiger partial charge on any atom is -0.478 e. The summed E-state index contributed by atoms with van der Waals surface area (Å²) in [5, 5.41) is 19.2. The lowest BCUT2D eigenvalue weighted by Gasteiger charge is -2.21. The highest BCUT2D eigenvalue weighted by Gasteiger charge is 2.17. The van der Waals surface area contributed by atoms with Crippen LogP contribution in [0, 0.1) is 0 Å². The number of benzene rings is 2. The lowest BCUT2D eigenvalue weighted by atomic mass is 10.0. The first kappa shape index (κ1) is 19.6. The van der Waals surface area contributed by atoms with Crippen LogP contribution in [-0.2, 0) is 22.6 Å². The molecule has 2 N–H and O–H groups in total. The molecule has 26 heavy (non-hydrogen) atoms. The van der Waals surface area contributed by atoms with Gasteiger partial charge in [-0.1, -0.05) is 48.5 Å². The summed E-state index contributed by atoms with van der Waals surface area (Å²) in [4.78, 5) is 24.9. The van der Waals surface area contributed by atoms with Gasteiger partial charge < -0.3 is 19.8 Å². The Balaban J connectivity index is 1.80. The van der Waals surface area contributed by atoms with Crippen molar-refractivity contribution in [3.63, 3.8) is 0 Å². The van der Waals surface area contributed by atoms with E-state index in [2.05, 4.69) is 0 Å². The van der Waals surface area contributed by atoms with E-state index in [0.717, 1.165) is 5.56 Å². The van der Waals surface area contributed by atoms with Gasteiger partial charge in [0.2, 0.25) is 5.91 Å². The molecule has 6 heteroatoms. The van der Waals surface area contributed by atoms with Gasteiger partial charge in [0.1, 0.15) is 0 Å². The number of rotatable bonds is 9. The maximum Gasteiger partial charge on any atom is 0.335 e. The number of ether oxygens (including phenoxy) is 1. The van der Waals surface area contributed by atoms with Crippen molar-refractivity contribution in [1.82, 2.24) is 4.90 Å². The molecular weight excluding hydrogens is 334 g/mol. The summed E-state index contributed by atoms with van der Waals surface area (Å²) in [7, 11) is 1.58. The van der Waals surface area contributed by atoms with Crippen LogP contribution in [-0.4, -0.2) is 53.3 Å². The Kier molecular flexibility index (Phi) is 7.32. The smallest absolute Gasteiger partial charge is 0.335 e. The van der Waals surface area contributed by atoms with Gasteiger partial charge in [0, 0.05) is 13.6 Å². The van der Waals surface area contributed by atoms with Crippen molar-refractivity contribution in [2.75, 3.05) is 20.2 Å². The first-order chi connectivity index (χ1) is 12.5. The van der Waals surface area contributed by atoms with Gasteiger partial charge in [-0.3, -0.25) is 4.79 Å². The molecule has 2 rings (SSSR count). The molecule has 2 aromatic rings. The molecule has 0 radical (unpaired) electrons. The number of carbonyl (C=O) groups is 2. The molecule has 0 spiro atoms. The summed E-state index contributed by atoms with van der Waals surface area (Å²) in [6.07, 6.45) is -0.848. The minimum absolute atomic E-state index is 0.0312. The van der Waals surface area contributed by atoms with Crippen molar-refractivity contribution in [1.29, 1.82) is 0 Å². The zero-order valence-corrected chi connectivity index (χ0v) is 14.7. The standard InChI is InChI=1S/C20H23NO5/c1-21(12-17(22)14-26-13-15-7-3-2-4-8-15)19(23)11-16-9-5-6-10-18(16)20(24)25/h2-10,17,22H,11-14H2,1H3,(H,24,25). The van der Waals surface area contributed by atoms with Crippen LogP contribution in [0.5, 0.6) is 0 Å². The number of carboxylic acid groups (broad SMARTS) is 1. The molecule has 0 aliphatic rings. The van der Waals surface area contributed by atoms with Crippen LogP contribution in [0.25, 0.3) is 0 Å². The van der Waals surface area contributed by atoms with E-state index in [0.29, 0.717) is 12.2 Å². The van der Waals surface area contributed by atoms with E-state index in [1.165, 1.54) is 11.0 Å². The predicted molar refractivity (Wildman–Crippen MR) is 96.8 cm³/mol. The summed E-state index contributed by atoms with van der Waals surface area (Å²) in [6.45, 7) is 0.614. The monoisotopic (exact) mass is 357 g/mol. The number of likely N-dealkylation sites (N-methyl/N-ethyl adjacent to an activating group) is 1. The maximum atomic E-state index is 12.3. The Morgan fingerprint density at radius 2 is 1.73 bits per heavy atom. The molecule has 0 saturated carbocycles. The summed E-state index contributed by atoms with van der Waals surface area (Å²) < 4.78 is 5.47. The van der Waals surface area contributed by atoms with Gasteiger partial charge >= 0.3 is 5.97 Å². The molecule has 0 bridgehead atoms. The number of carbonyl (C=O) groups excluding carboxylic acids is 1. The summed E-state index contributed by atoms with van der Waals surface area (Å²) in [5.41, 5.74) is 1.57. The average molecular weight is 357 g/mol. The van der Waals surface area contributed by atoms with Crippen LogP contribution >= 0.6 is 0 Å². The SMILES string of the molecule is CN(CC(O)COCc1ccccc1)C(=O)Cc1ccccc1C(=O)O. The highest BCUT2D eigenvalue weighted by molar-refractivity contribution is 5.91. The number of hydrogen-bond donors (Lipinski definition) is 2. The number of aromatic carboxylic acids is 1. The van der Waals surface area contributed by atoms with E-state index in [4.69, 9.17) is 4.74 Å². The minimum atomic E-state index is -1.06. The van der Waals surface area contributed by atoms with Crippen molar-refractivity contribution < 1.29 is 24.5 Å². The molecule has 0 heterocycles. The Morgan fingerprint density at radius 1 is 1.08 bits per heavy atom. The van der Waals surface area contributed by atoms with Crippen LogP contribution in [0.3, 0.4) is 0 Å². The summed E-state index contributed by atoms with van der Waals surface area (Å²) in [5.74, 6) is -1.33. The highest BCUT2D eigenvalue weighted by atomic mass is 16.5. The normalized spacial score (nSPS) is 11.8. The fourth-order valence-electron chi connectivity index (χ4n) is 2.54. The third-order valence-electron chi connectivity index (χ3n) is 3.92. The van der Waals surface area contributed by atoms with Crippen molar-refractivity contribution in [3.8, 4) is 0 Å². The third kappa shape index (κ3) is 5.98. The summed E-state index contributed by atoms with van der Waals surface area (Å²) >= 11 is 0. The molecule has 1 amide bonds. The van der Waals surface area contributed by atoms with E-state index < -0.39 is 12.1 Å². The molecule has 0 aliphatic carbocycles. The van der Waals surface area contributed by atoms with Gasteiger partial charge in [0.25, 0.3) is 0 Å². The topological polar surface area (TPSA) is 87.1 Å². The second kappa shape index (κ2) is 9.70. The maximum absolute atomic E-state index is 12.3. The predicted octanol–water partition coefficient (Wildman–Crippen LogP) is 1.96. The third-order valence-corrected chi connectivity index (χ3v) is 3.92. The fraction of sp³-hybridized carbons (Fsp3) is 0.300. The Labute approximate surface area is 152 Å². The second-order valence-corrected chi connectivity index (χ2v) is 6.07. The first-order valence-corrected chi connectivity index (χ1v) is 8.32. The quantitative estimate of drug-likeness (QED) is 0.716. The van der Waals surface area contributed by atoms with Gasteiger partial charge in [-0.2, -0.15) is 0 Å². The molecule has 1 unspecified atom stereocenters. The number of carboxylic acids is 1. The van der Waals surface area contributed by atoms with Gasteiger partial charge in [-0.15, -0.1) is 0 Å². The molecule has 138 valence electrons. The van der Waals surface area contributed by atoms with Crippen molar-refractivity contribution in [2.45, 2.75) is 19.1 Å². The van der Waals surface area contributed by atoms with Crippen molar-refractivity contribution >= 4 is 11.9 Å². The molecule has 0 aromatic heterocycles. The largest absolute Gasteiger partial charge is 0.478 e. The number of hydrogen-bond acceptors (Lipinski definition) is 4. The van der Waals surface area contributed by atoms with Crippen LogP contribution < -0.4 is 0 Å². The first-order valence-electron chi connectivity index (χ1n) is 8.32. The number of nitrogens with zero attached hydrogens (tertiary/aromatic N) is 1. The van der Waals surface area contributed by atoms with Crippen LogP contribution in [0.2, 0.25) is 0 Å².